The summed E-state index contributed by atoms with van der Waals surface area (Å²) in [6, 6.07) is 16.7. The minimum atomic E-state index is -0.363. The van der Waals surface area contributed by atoms with Crippen molar-refractivity contribution in [1.82, 2.24) is 0 Å². The van der Waals surface area contributed by atoms with Crippen molar-refractivity contribution in [2.45, 2.75) is 65.7 Å². The van der Waals surface area contributed by atoms with Crippen LogP contribution in [0.2, 0.25) is 0 Å². The van der Waals surface area contributed by atoms with Crippen LogP contribution in [-0.2, 0) is 25.2 Å². The SMILES string of the molecule is CCCN1C(=CC2=C(C)C(=CC3=[N+](CC(=O)OCC)c4ccccc4C3(C)C)C2=O)C(C)(C)c2ccccc21. The van der Waals surface area contributed by atoms with Crippen molar-refractivity contribution in [2.24, 2.45) is 0 Å². The van der Waals surface area contributed by atoms with Gasteiger partial charge in [-0.1, -0.05) is 57.2 Å². The van der Waals surface area contributed by atoms with Gasteiger partial charge in [0.2, 0.25) is 12.2 Å². The average Bonchev–Trinajstić information content (AvgIpc) is 3.25. The van der Waals surface area contributed by atoms with Gasteiger partial charge in [-0.05, 0) is 57.4 Å². The minimum absolute atomic E-state index is 0.0542. The highest BCUT2D eigenvalue weighted by atomic mass is 16.5. The lowest BCUT2D eigenvalue weighted by molar-refractivity contribution is -0.428. The number of benzene rings is 2. The topological polar surface area (TPSA) is 49.6 Å². The number of nitrogens with zero attached hydrogens (tertiary/aromatic N) is 2. The fourth-order valence-corrected chi connectivity index (χ4v) is 6.36. The molecule has 0 amide bonds. The number of ketones is 1. The molecule has 0 saturated carbocycles. The van der Waals surface area contributed by atoms with E-state index in [9.17, 15) is 9.59 Å². The van der Waals surface area contributed by atoms with Crippen LogP contribution in [0.25, 0.3) is 0 Å². The standard InChI is InChI=1S/C34H39N2O3/c1-8-18-35-27-16-12-10-14-25(27)33(4,5)29(35)19-23-22(3)24(32(23)38)20-30-34(6,7)26-15-11-13-17-28(26)36(30)21-31(37)39-9-2/h10-17,19-20H,8-9,18,21H2,1-7H3/q+1. The molecule has 2 heterocycles. The molecule has 3 aliphatic rings. The van der Waals surface area contributed by atoms with E-state index in [0.717, 1.165) is 46.8 Å². The molecule has 202 valence electrons. The Kier molecular flexibility index (Phi) is 6.74. The molecule has 0 N–H and O–H groups in total. The number of hydrogen-bond donors (Lipinski definition) is 0. The molecular weight excluding hydrogens is 484 g/mol. The predicted molar refractivity (Wildman–Crippen MR) is 157 cm³/mol. The number of rotatable bonds is 7. The van der Waals surface area contributed by atoms with Crippen LogP contribution in [0.5, 0.6) is 0 Å². The van der Waals surface area contributed by atoms with E-state index in [0.29, 0.717) is 12.2 Å². The van der Waals surface area contributed by atoms with Gasteiger partial charge in [0, 0.05) is 52.2 Å². The molecule has 5 rings (SSSR count). The van der Waals surface area contributed by atoms with Gasteiger partial charge in [-0.15, -0.1) is 0 Å². The summed E-state index contributed by atoms with van der Waals surface area (Å²) in [7, 11) is 0. The summed E-state index contributed by atoms with van der Waals surface area (Å²) in [5.74, 6) is -0.226. The zero-order valence-corrected chi connectivity index (χ0v) is 24.2. The van der Waals surface area contributed by atoms with Crippen LogP contribution in [-0.4, -0.2) is 41.7 Å². The van der Waals surface area contributed by atoms with Gasteiger partial charge in [-0.2, -0.15) is 4.58 Å². The van der Waals surface area contributed by atoms with Crippen LogP contribution in [0.1, 0.15) is 66.0 Å². The van der Waals surface area contributed by atoms with Crippen molar-refractivity contribution in [3.8, 4) is 0 Å². The number of esters is 1. The Bertz CT molecular complexity index is 1500. The second-order valence-electron chi connectivity index (χ2n) is 11.7. The summed E-state index contributed by atoms with van der Waals surface area (Å²) in [5.41, 5.74) is 8.66. The van der Waals surface area contributed by atoms with Gasteiger partial charge in [0.15, 0.2) is 11.5 Å². The number of fused-ring (bicyclic) bond motifs is 2. The molecule has 5 heteroatoms. The Hall–Kier alpha value is -3.73. The maximum Gasteiger partial charge on any atom is 0.372 e. The highest BCUT2D eigenvalue weighted by Crippen LogP contribution is 2.49. The zero-order chi connectivity index (χ0) is 28.1. The Labute approximate surface area is 232 Å². The molecule has 5 nitrogen and oxygen atoms in total. The van der Waals surface area contributed by atoms with Crippen LogP contribution in [0.15, 0.2) is 83.1 Å². The van der Waals surface area contributed by atoms with E-state index >= 15 is 0 Å². The molecule has 0 unspecified atom stereocenters. The van der Waals surface area contributed by atoms with Crippen molar-refractivity contribution in [3.05, 3.63) is 94.2 Å². The summed E-state index contributed by atoms with van der Waals surface area (Å²) in [6.07, 6.45) is 5.13. The number of Topliss-reactive ketones (excluding diaryl/α,β-unsaturated/α-hetero) is 1. The Morgan fingerprint density at radius 1 is 0.949 bits per heavy atom. The summed E-state index contributed by atoms with van der Waals surface area (Å²) < 4.78 is 7.30. The van der Waals surface area contributed by atoms with Crippen molar-refractivity contribution >= 4 is 28.8 Å². The van der Waals surface area contributed by atoms with E-state index in [4.69, 9.17) is 4.74 Å². The number of hydrogen-bond acceptors (Lipinski definition) is 4. The molecule has 0 fully saturated rings. The van der Waals surface area contributed by atoms with Crippen LogP contribution >= 0.6 is 0 Å². The normalized spacial score (nSPS) is 21.0. The highest BCUT2D eigenvalue weighted by molar-refractivity contribution is 6.24. The maximum absolute atomic E-state index is 13.7. The fourth-order valence-electron chi connectivity index (χ4n) is 6.36. The van der Waals surface area contributed by atoms with Crippen molar-refractivity contribution in [3.63, 3.8) is 0 Å². The Balaban J connectivity index is 1.58. The third-order valence-electron chi connectivity index (χ3n) is 8.50. The first-order valence-electron chi connectivity index (χ1n) is 14.0. The highest BCUT2D eigenvalue weighted by Gasteiger charge is 2.47. The number of para-hydroxylation sites is 2. The largest absolute Gasteiger partial charge is 0.461 e. The van der Waals surface area contributed by atoms with E-state index in [1.807, 2.05) is 42.7 Å². The van der Waals surface area contributed by atoms with Gasteiger partial charge in [-0.25, -0.2) is 4.79 Å². The van der Waals surface area contributed by atoms with E-state index in [-0.39, 0.29) is 29.1 Å². The molecule has 0 saturated heterocycles. The third-order valence-corrected chi connectivity index (χ3v) is 8.50. The minimum Gasteiger partial charge on any atom is -0.461 e. The average molecular weight is 524 g/mol. The van der Waals surface area contributed by atoms with E-state index in [1.54, 1.807) is 0 Å². The number of allylic oxidation sites excluding steroid dienone is 6. The van der Waals surface area contributed by atoms with E-state index in [2.05, 4.69) is 75.9 Å². The van der Waals surface area contributed by atoms with Crippen LogP contribution in [0.3, 0.4) is 0 Å². The number of carbonyl (C=O) groups excluding carboxylic acids is 2. The second-order valence-corrected chi connectivity index (χ2v) is 11.7. The zero-order valence-electron chi connectivity index (χ0n) is 24.2. The third kappa shape index (κ3) is 4.19. The van der Waals surface area contributed by atoms with Gasteiger partial charge in [-0.3, -0.25) is 4.79 Å². The molecule has 0 atom stereocenters. The van der Waals surface area contributed by atoms with Crippen molar-refractivity contribution in [2.75, 3.05) is 24.6 Å². The molecule has 2 aliphatic heterocycles. The first-order valence-corrected chi connectivity index (χ1v) is 14.0. The van der Waals surface area contributed by atoms with Crippen LogP contribution < -0.4 is 4.90 Å². The smallest absolute Gasteiger partial charge is 0.372 e. The van der Waals surface area contributed by atoms with Crippen molar-refractivity contribution in [1.29, 1.82) is 0 Å². The molecule has 1 aliphatic carbocycles. The van der Waals surface area contributed by atoms with E-state index in [1.165, 1.54) is 11.3 Å². The van der Waals surface area contributed by atoms with Crippen LogP contribution in [0, 0.1) is 0 Å². The lowest BCUT2D eigenvalue weighted by Gasteiger charge is -2.30. The molecule has 39 heavy (non-hydrogen) atoms. The summed E-state index contributed by atoms with van der Waals surface area (Å²) >= 11 is 0. The molecule has 0 bridgehead atoms. The second kappa shape index (κ2) is 9.78. The number of carbonyl (C=O) groups is 2. The molecule has 2 aromatic carbocycles. The van der Waals surface area contributed by atoms with Gasteiger partial charge in [0.25, 0.3) is 0 Å². The van der Waals surface area contributed by atoms with Gasteiger partial charge < -0.3 is 9.64 Å². The quantitative estimate of drug-likeness (QED) is 0.235. The molecule has 0 aromatic heterocycles. The van der Waals surface area contributed by atoms with E-state index < -0.39 is 0 Å². The lowest BCUT2D eigenvalue weighted by atomic mass is 9.75. The summed E-state index contributed by atoms with van der Waals surface area (Å²) in [5, 5.41) is 0. The first kappa shape index (κ1) is 26.9. The number of ether oxygens (including phenoxy) is 1. The van der Waals surface area contributed by atoms with Crippen LogP contribution in [0.4, 0.5) is 11.4 Å². The molecule has 0 radical (unpaired) electrons. The van der Waals surface area contributed by atoms with Gasteiger partial charge >= 0.3 is 5.97 Å². The number of anilines is 1. The molecule has 2 aromatic rings. The maximum atomic E-state index is 13.7. The first-order chi connectivity index (χ1) is 18.5. The molecular formula is C34H39N2O3+. The summed E-state index contributed by atoms with van der Waals surface area (Å²) in [4.78, 5) is 28.6. The summed E-state index contributed by atoms with van der Waals surface area (Å²) in [6.45, 7) is 16.2. The van der Waals surface area contributed by atoms with Gasteiger partial charge in [0.05, 0.1) is 12.0 Å². The lowest BCUT2D eigenvalue weighted by Crippen LogP contribution is -2.33. The molecule has 0 spiro atoms. The Morgan fingerprint density at radius 2 is 1.62 bits per heavy atom. The Morgan fingerprint density at radius 3 is 2.28 bits per heavy atom. The monoisotopic (exact) mass is 523 g/mol. The fraction of sp³-hybridized carbons (Fsp3) is 0.382. The van der Waals surface area contributed by atoms with Gasteiger partial charge in [0.1, 0.15) is 0 Å². The predicted octanol–water partition coefficient (Wildman–Crippen LogP) is 6.54. The van der Waals surface area contributed by atoms with Crippen molar-refractivity contribution < 1.29 is 18.9 Å².